The number of piperidine rings is 1. The van der Waals surface area contributed by atoms with Crippen molar-refractivity contribution in [3.05, 3.63) is 59.9 Å². The summed E-state index contributed by atoms with van der Waals surface area (Å²) in [6.45, 7) is 5.78. The maximum Gasteiger partial charge on any atom is 0.272 e. The second-order valence-corrected chi connectivity index (χ2v) is 7.68. The lowest BCUT2D eigenvalue weighted by Gasteiger charge is -2.26. The van der Waals surface area contributed by atoms with Crippen LogP contribution in [0.1, 0.15) is 34.7 Å². The molecule has 30 heavy (non-hydrogen) atoms. The lowest BCUT2D eigenvalue weighted by molar-refractivity contribution is 0.101. The Morgan fingerprint density at radius 2 is 2.03 bits per heavy atom. The number of nitrogens with zero attached hydrogens (tertiary/aromatic N) is 3. The molecule has 0 bridgehead atoms. The van der Waals surface area contributed by atoms with Gasteiger partial charge in [0.25, 0.3) is 5.91 Å². The Labute approximate surface area is 176 Å². The minimum Gasteiger partial charge on any atom is -0.488 e. The molecule has 1 aromatic carbocycles. The van der Waals surface area contributed by atoms with E-state index in [0.29, 0.717) is 11.4 Å². The average Bonchev–Trinajstić information content (AvgIpc) is 3.16. The number of benzene rings is 1. The number of hydrogen-bond acceptors (Lipinski definition) is 5. The van der Waals surface area contributed by atoms with Crippen molar-refractivity contribution in [2.45, 2.75) is 32.8 Å². The van der Waals surface area contributed by atoms with E-state index in [4.69, 9.17) is 4.74 Å². The van der Waals surface area contributed by atoms with Crippen molar-refractivity contribution in [3.63, 3.8) is 0 Å². The van der Waals surface area contributed by atoms with E-state index < -0.39 is 0 Å². The third-order valence-corrected chi connectivity index (χ3v) is 5.45. The van der Waals surface area contributed by atoms with Crippen molar-refractivity contribution < 1.29 is 9.53 Å². The Bertz CT molecular complexity index is 1030. The molecule has 0 radical (unpaired) electrons. The molecule has 7 heteroatoms. The monoisotopic (exact) mass is 405 g/mol. The van der Waals surface area contributed by atoms with Gasteiger partial charge in [-0.15, -0.1) is 0 Å². The van der Waals surface area contributed by atoms with Crippen LogP contribution < -0.4 is 15.4 Å². The summed E-state index contributed by atoms with van der Waals surface area (Å²) in [7, 11) is 1.85. The molecule has 1 saturated heterocycles. The summed E-state index contributed by atoms with van der Waals surface area (Å²) < 4.78 is 8.16. The van der Waals surface area contributed by atoms with Crippen molar-refractivity contribution in [2.75, 3.05) is 18.4 Å². The molecule has 4 rings (SSSR count). The van der Waals surface area contributed by atoms with E-state index in [-0.39, 0.29) is 12.0 Å². The van der Waals surface area contributed by atoms with Crippen LogP contribution in [0.3, 0.4) is 0 Å². The quantitative estimate of drug-likeness (QED) is 0.679. The molecule has 1 aliphatic rings. The molecule has 2 N–H and O–H groups in total. The number of aryl methyl sites for hydroxylation is 3. The fourth-order valence-corrected chi connectivity index (χ4v) is 3.88. The van der Waals surface area contributed by atoms with Gasteiger partial charge in [-0.05, 0) is 63.6 Å². The maximum atomic E-state index is 12.7. The van der Waals surface area contributed by atoms with Gasteiger partial charge in [-0.2, -0.15) is 0 Å². The highest BCUT2D eigenvalue weighted by Gasteiger charge is 2.20. The Morgan fingerprint density at radius 3 is 2.70 bits per heavy atom. The standard InChI is InChI=1S/C23H27N5O2/c1-15-22(16(2)26-14-25-15)19-12-17(27-23(29)20-7-5-11-28(20)3)8-9-21(19)30-18-6-4-10-24-13-18/h5,7-9,11-12,14,18,24H,4,6,10,13H2,1-3H3,(H,27,29)/t18-/m1/s1. The van der Waals surface area contributed by atoms with Crippen LogP contribution in [0, 0.1) is 13.8 Å². The van der Waals surface area contributed by atoms with E-state index in [1.54, 1.807) is 17.0 Å². The minimum absolute atomic E-state index is 0.117. The second kappa shape index (κ2) is 8.67. The third-order valence-electron chi connectivity index (χ3n) is 5.45. The molecular weight excluding hydrogens is 378 g/mol. The number of nitrogens with one attached hydrogen (secondary N) is 2. The van der Waals surface area contributed by atoms with E-state index >= 15 is 0 Å². The van der Waals surface area contributed by atoms with Gasteiger partial charge in [0.05, 0.1) is 0 Å². The van der Waals surface area contributed by atoms with E-state index in [0.717, 1.165) is 54.2 Å². The van der Waals surface area contributed by atoms with E-state index in [2.05, 4.69) is 20.6 Å². The Kier molecular flexibility index (Phi) is 5.81. The first kappa shape index (κ1) is 20.1. The zero-order valence-electron chi connectivity index (χ0n) is 17.6. The Morgan fingerprint density at radius 1 is 1.23 bits per heavy atom. The summed E-state index contributed by atoms with van der Waals surface area (Å²) in [6, 6.07) is 9.40. The summed E-state index contributed by atoms with van der Waals surface area (Å²) >= 11 is 0. The van der Waals surface area contributed by atoms with Crippen LogP contribution in [0.2, 0.25) is 0 Å². The molecule has 0 aliphatic carbocycles. The van der Waals surface area contributed by atoms with Gasteiger partial charge in [-0.3, -0.25) is 4.79 Å². The molecule has 1 atom stereocenters. The lowest BCUT2D eigenvalue weighted by atomic mass is 10.0. The number of rotatable bonds is 5. The van der Waals surface area contributed by atoms with Gasteiger partial charge in [0.15, 0.2) is 0 Å². The van der Waals surface area contributed by atoms with E-state index in [1.807, 2.05) is 51.4 Å². The first-order chi connectivity index (χ1) is 14.5. The first-order valence-corrected chi connectivity index (χ1v) is 10.3. The molecule has 3 heterocycles. The van der Waals surface area contributed by atoms with Gasteiger partial charge in [0, 0.05) is 48.0 Å². The first-order valence-electron chi connectivity index (χ1n) is 10.3. The fraction of sp³-hybridized carbons (Fsp3) is 0.348. The van der Waals surface area contributed by atoms with Gasteiger partial charge in [-0.1, -0.05) is 0 Å². The average molecular weight is 406 g/mol. The van der Waals surface area contributed by atoms with Crippen molar-refractivity contribution in [2.24, 2.45) is 7.05 Å². The number of hydrogen-bond donors (Lipinski definition) is 2. The molecular formula is C23H27N5O2. The molecule has 0 saturated carbocycles. The Hall–Kier alpha value is -3.19. The fourth-order valence-electron chi connectivity index (χ4n) is 3.88. The van der Waals surface area contributed by atoms with Crippen molar-refractivity contribution in [1.29, 1.82) is 0 Å². The zero-order valence-corrected chi connectivity index (χ0v) is 17.6. The minimum atomic E-state index is -0.156. The zero-order chi connectivity index (χ0) is 21.1. The molecule has 1 fully saturated rings. The number of carbonyl (C=O) groups excluding carboxylic acids is 1. The number of carbonyl (C=O) groups is 1. The molecule has 2 aromatic heterocycles. The lowest BCUT2D eigenvalue weighted by Crippen LogP contribution is -2.37. The van der Waals surface area contributed by atoms with Gasteiger partial charge < -0.3 is 19.9 Å². The van der Waals surface area contributed by atoms with Crippen molar-refractivity contribution in [1.82, 2.24) is 19.9 Å². The van der Waals surface area contributed by atoms with Crippen molar-refractivity contribution in [3.8, 4) is 16.9 Å². The summed E-state index contributed by atoms with van der Waals surface area (Å²) in [5, 5.41) is 6.38. The van der Waals surface area contributed by atoms with E-state index in [9.17, 15) is 4.79 Å². The number of amides is 1. The molecule has 7 nitrogen and oxygen atoms in total. The summed E-state index contributed by atoms with van der Waals surface area (Å²) in [4.78, 5) is 21.4. The van der Waals surface area contributed by atoms with Crippen molar-refractivity contribution >= 4 is 11.6 Å². The SMILES string of the molecule is Cc1ncnc(C)c1-c1cc(NC(=O)c2cccn2C)ccc1O[C@@H]1CCCNC1. The highest BCUT2D eigenvalue weighted by Crippen LogP contribution is 2.36. The second-order valence-electron chi connectivity index (χ2n) is 7.68. The van der Waals surface area contributed by atoms with Crippen LogP contribution in [-0.4, -0.2) is 39.6 Å². The van der Waals surface area contributed by atoms with Gasteiger partial charge in [0.2, 0.25) is 0 Å². The Balaban J connectivity index is 1.70. The molecule has 1 amide bonds. The van der Waals surface area contributed by atoms with Crippen LogP contribution >= 0.6 is 0 Å². The smallest absolute Gasteiger partial charge is 0.272 e. The number of anilines is 1. The van der Waals surface area contributed by atoms with Gasteiger partial charge in [0.1, 0.15) is 23.9 Å². The summed E-state index contributed by atoms with van der Waals surface area (Å²) in [5.41, 5.74) is 4.88. The summed E-state index contributed by atoms with van der Waals surface area (Å²) in [6.07, 6.45) is 5.65. The largest absolute Gasteiger partial charge is 0.488 e. The van der Waals surface area contributed by atoms with Gasteiger partial charge >= 0.3 is 0 Å². The van der Waals surface area contributed by atoms with Crippen LogP contribution in [0.15, 0.2) is 42.9 Å². The third kappa shape index (κ3) is 4.21. The molecule has 3 aromatic rings. The maximum absolute atomic E-state index is 12.7. The number of aromatic nitrogens is 3. The predicted molar refractivity (Wildman–Crippen MR) is 117 cm³/mol. The summed E-state index contributed by atoms with van der Waals surface area (Å²) in [5.74, 6) is 0.623. The van der Waals surface area contributed by atoms with Gasteiger partial charge in [-0.25, -0.2) is 9.97 Å². The molecule has 1 aliphatic heterocycles. The van der Waals surface area contributed by atoms with Crippen LogP contribution in [0.25, 0.3) is 11.1 Å². The molecule has 0 spiro atoms. The normalized spacial score (nSPS) is 16.3. The van der Waals surface area contributed by atoms with Crippen LogP contribution in [-0.2, 0) is 7.05 Å². The van der Waals surface area contributed by atoms with Crippen LogP contribution in [0.5, 0.6) is 5.75 Å². The number of ether oxygens (including phenoxy) is 1. The highest BCUT2D eigenvalue weighted by atomic mass is 16.5. The molecule has 156 valence electrons. The highest BCUT2D eigenvalue weighted by molar-refractivity contribution is 6.03. The predicted octanol–water partition coefficient (Wildman–Crippen LogP) is 3.48. The topological polar surface area (TPSA) is 81.1 Å². The van der Waals surface area contributed by atoms with E-state index in [1.165, 1.54) is 0 Å². The molecule has 0 unspecified atom stereocenters. The van der Waals surface area contributed by atoms with Crippen LogP contribution in [0.4, 0.5) is 5.69 Å².